The Kier molecular flexibility index (Phi) is 12.1. The van der Waals surface area contributed by atoms with E-state index in [0.29, 0.717) is 30.8 Å². The molecule has 6 nitrogen and oxygen atoms in total. The molecule has 46 heavy (non-hydrogen) atoms. The van der Waals surface area contributed by atoms with Crippen molar-refractivity contribution in [1.29, 1.82) is 0 Å². The number of aliphatic hydroxyl groups excluding tert-OH is 1. The first-order chi connectivity index (χ1) is 21.9. The third-order valence-electron chi connectivity index (χ3n) is 8.51. The monoisotopic (exact) mass is 649 g/mol. The quantitative estimate of drug-likeness (QED) is 0.171. The third kappa shape index (κ3) is 8.57. The van der Waals surface area contributed by atoms with Gasteiger partial charge in [-0.25, -0.2) is 8.78 Å². The van der Waals surface area contributed by atoms with Gasteiger partial charge in [0, 0.05) is 48.6 Å². The number of amides is 2. The molecule has 0 bridgehead atoms. The van der Waals surface area contributed by atoms with Crippen molar-refractivity contribution in [3.05, 3.63) is 106 Å². The number of nitrogens with two attached hydrogens (primary N) is 1. The number of allylic oxidation sites excluding steroid dienone is 2. The van der Waals surface area contributed by atoms with Crippen LogP contribution in [0, 0.1) is 29.9 Å². The zero-order chi connectivity index (χ0) is 33.4. The highest BCUT2D eigenvalue weighted by Crippen LogP contribution is 2.44. The Morgan fingerprint density at radius 1 is 1.04 bits per heavy atom. The van der Waals surface area contributed by atoms with E-state index in [2.05, 4.69) is 35.8 Å². The summed E-state index contributed by atoms with van der Waals surface area (Å²) in [5.41, 5.74) is 9.37. The lowest BCUT2D eigenvalue weighted by Crippen LogP contribution is -2.51. The highest BCUT2D eigenvalue weighted by atomic mass is 32.1. The van der Waals surface area contributed by atoms with Gasteiger partial charge in [0.1, 0.15) is 11.6 Å². The van der Waals surface area contributed by atoms with E-state index in [0.717, 1.165) is 30.0 Å². The van der Waals surface area contributed by atoms with Gasteiger partial charge >= 0.3 is 0 Å². The smallest absolute Gasteiger partial charge is 0.249 e. The van der Waals surface area contributed by atoms with Crippen LogP contribution in [0.25, 0.3) is 10.4 Å². The number of hydrogen-bond acceptors (Lipinski definition) is 5. The van der Waals surface area contributed by atoms with Crippen molar-refractivity contribution in [2.75, 3.05) is 19.6 Å². The minimum absolute atomic E-state index is 0.0236. The minimum atomic E-state index is -1.48. The lowest BCUT2D eigenvalue weighted by atomic mass is 9.63. The van der Waals surface area contributed by atoms with Crippen LogP contribution in [0.3, 0.4) is 0 Å². The summed E-state index contributed by atoms with van der Waals surface area (Å²) < 4.78 is 28.6. The molecule has 246 valence electrons. The molecule has 4 rings (SSSR count). The van der Waals surface area contributed by atoms with Crippen LogP contribution in [0.15, 0.2) is 77.2 Å². The number of carbonyl (C=O) groups is 2. The van der Waals surface area contributed by atoms with Gasteiger partial charge < -0.3 is 21.1 Å². The molecule has 1 aliphatic rings. The Morgan fingerprint density at radius 3 is 2.35 bits per heavy atom. The molecule has 1 aromatic heterocycles. The molecule has 0 fully saturated rings. The lowest BCUT2D eigenvalue weighted by Gasteiger charge is -2.42. The highest BCUT2D eigenvalue weighted by Gasteiger charge is 2.48. The second kappa shape index (κ2) is 15.8. The van der Waals surface area contributed by atoms with E-state index in [-0.39, 0.29) is 30.9 Å². The molecule has 2 amide bonds. The normalized spacial score (nSPS) is 17.6. The van der Waals surface area contributed by atoms with Crippen molar-refractivity contribution in [2.24, 2.45) is 17.1 Å². The second-order valence-corrected chi connectivity index (χ2v) is 13.3. The Labute approximate surface area is 275 Å². The number of thiophene rings is 1. The number of aliphatic hydroxyl groups is 1. The zero-order valence-corrected chi connectivity index (χ0v) is 27.9. The van der Waals surface area contributed by atoms with E-state index < -0.39 is 35.0 Å². The maximum absolute atomic E-state index is 14.3. The summed E-state index contributed by atoms with van der Waals surface area (Å²) in [5, 5.41) is 17.2. The maximum atomic E-state index is 14.3. The highest BCUT2D eigenvalue weighted by molar-refractivity contribution is 7.13. The number of nitrogens with zero attached hydrogens (tertiary/aromatic N) is 1. The Balaban J connectivity index is 1.63. The standard InChI is InChI=1S/C37H45F2N3O3S/c1-5-10-42(11-6-2)35(44)29-12-24(3)19-37(20-29,36(40)45)32(17-27-15-30(38)18-31(39)16-27)33(43)22-41-21-26-8-7-9-28(14-26)34-13-25(4)23-46-34/h7-9,12-16,18-19,23,32-33,41,43H,5-6,10-11,17,20-22H2,1-4H3,(H2,40,45)/t32-,33+,37?/m1/s1. The molecular weight excluding hydrogens is 604 g/mol. The summed E-state index contributed by atoms with van der Waals surface area (Å²) in [6.45, 7) is 9.52. The summed E-state index contributed by atoms with van der Waals surface area (Å²) in [6, 6.07) is 13.5. The number of benzene rings is 2. The van der Waals surface area contributed by atoms with Gasteiger partial charge in [-0.1, -0.05) is 49.8 Å². The zero-order valence-electron chi connectivity index (χ0n) is 27.1. The van der Waals surface area contributed by atoms with Crippen LogP contribution in [0.2, 0.25) is 0 Å². The molecule has 0 radical (unpaired) electrons. The summed E-state index contributed by atoms with van der Waals surface area (Å²) in [7, 11) is 0. The van der Waals surface area contributed by atoms with E-state index in [4.69, 9.17) is 5.73 Å². The van der Waals surface area contributed by atoms with Gasteiger partial charge in [0.05, 0.1) is 11.5 Å². The summed E-state index contributed by atoms with van der Waals surface area (Å²) in [6.07, 6.45) is 3.84. The second-order valence-electron chi connectivity index (χ2n) is 12.4. The van der Waals surface area contributed by atoms with Crippen molar-refractivity contribution in [1.82, 2.24) is 10.2 Å². The Morgan fingerprint density at radius 2 is 1.74 bits per heavy atom. The van der Waals surface area contributed by atoms with E-state index in [9.17, 15) is 23.5 Å². The molecule has 1 unspecified atom stereocenters. The van der Waals surface area contributed by atoms with Crippen LogP contribution in [-0.2, 0) is 22.6 Å². The number of nitrogens with one attached hydrogen (secondary N) is 1. The molecule has 3 aromatic rings. The minimum Gasteiger partial charge on any atom is -0.391 e. The molecular formula is C37H45F2N3O3S. The van der Waals surface area contributed by atoms with Crippen LogP contribution in [0.5, 0.6) is 0 Å². The molecule has 0 saturated carbocycles. The Bertz CT molecular complexity index is 1570. The van der Waals surface area contributed by atoms with Crippen molar-refractivity contribution in [2.45, 2.75) is 66.0 Å². The van der Waals surface area contributed by atoms with Gasteiger partial charge in [0.25, 0.3) is 0 Å². The molecule has 9 heteroatoms. The number of rotatable bonds is 15. The number of hydrogen-bond donors (Lipinski definition) is 3. The fourth-order valence-corrected chi connectivity index (χ4v) is 7.38. The van der Waals surface area contributed by atoms with Gasteiger partial charge in [0.15, 0.2) is 0 Å². The molecule has 0 saturated heterocycles. The van der Waals surface area contributed by atoms with Gasteiger partial charge in [-0.15, -0.1) is 11.3 Å². The van der Waals surface area contributed by atoms with Crippen molar-refractivity contribution in [3.63, 3.8) is 0 Å². The first-order valence-corrected chi connectivity index (χ1v) is 16.8. The molecule has 0 spiro atoms. The molecule has 4 N–H and O–H groups in total. The van der Waals surface area contributed by atoms with Crippen molar-refractivity contribution in [3.8, 4) is 10.4 Å². The van der Waals surface area contributed by atoms with Crippen LogP contribution in [-0.4, -0.2) is 47.6 Å². The van der Waals surface area contributed by atoms with Crippen LogP contribution in [0.1, 0.15) is 56.7 Å². The molecule has 1 aliphatic carbocycles. The van der Waals surface area contributed by atoms with Gasteiger partial charge in [0.2, 0.25) is 11.8 Å². The molecule has 1 heterocycles. The summed E-state index contributed by atoms with van der Waals surface area (Å²) >= 11 is 1.68. The first-order valence-electron chi connectivity index (χ1n) is 15.9. The van der Waals surface area contributed by atoms with Gasteiger partial charge in [-0.05, 0) is 91.4 Å². The fraction of sp³-hybridized carbons (Fsp3) is 0.405. The lowest BCUT2D eigenvalue weighted by molar-refractivity contribution is -0.132. The fourth-order valence-electron chi connectivity index (χ4n) is 6.48. The number of carbonyl (C=O) groups excluding carboxylic acids is 2. The van der Waals surface area contributed by atoms with Crippen molar-refractivity contribution >= 4 is 23.2 Å². The van der Waals surface area contributed by atoms with Gasteiger partial charge in [-0.3, -0.25) is 9.59 Å². The van der Waals surface area contributed by atoms with Crippen LogP contribution in [0.4, 0.5) is 8.78 Å². The van der Waals surface area contributed by atoms with Crippen molar-refractivity contribution < 1.29 is 23.5 Å². The maximum Gasteiger partial charge on any atom is 0.249 e. The number of primary amides is 1. The topological polar surface area (TPSA) is 95.7 Å². The van der Waals surface area contributed by atoms with E-state index in [1.54, 1.807) is 35.3 Å². The van der Waals surface area contributed by atoms with E-state index in [1.807, 2.05) is 26.0 Å². The third-order valence-corrected chi connectivity index (χ3v) is 9.60. The summed E-state index contributed by atoms with van der Waals surface area (Å²) in [4.78, 5) is 30.2. The molecule has 2 aromatic carbocycles. The number of halogens is 2. The van der Waals surface area contributed by atoms with Gasteiger partial charge in [-0.2, -0.15) is 0 Å². The average Bonchev–Trinajstić information content (AvgIpc) is 3.44. The predicted molar refractivity (Wildman–Crippen MR) is 181 cm³/mol. The Hall–Kier alpha value is -3.66. The average molecular weight is 650 g/mol. The molecule has 3 atom stereocenters. The number of aryl methyl sites for hydroxylation is 1. The van der Waals surface area contributed by atoms with E-state index >= 15 is 0 Å². The first kappa shape index (κ1) is 35.2. The SMILES string of the molecule is CCCN(CCC)C(=O)C1=CC(C)=CC(C(N)=O)([C@H](Cc2cc(F)cc(F)c2)[C@@H](O)CNCc2cccc(-c3cc(C)cs3)c2)C1. The largest absolute Gasteiger partial charge is 0.391 e. The summed E-state index contributed by atoms with van der Waals surface area (Å²) in [5.74, 6) is -3.28. The van der Waals surface area contributed by atoms with E-state index in [1.165, 1.54) is 22.6 Å². The van der Waals surface area contributed by atoms with Crippen LogP contribution < -0.4 is 11.1 Å². The molecule has 0 aliphatic heterocycles. The van der Waals surface area contributed by atoms with Crippen LogP contribution >= 0.6 is 11.3 Å². The predicted octanol–water partition coefficient (Wildman–Crippen LogP) is 6.71.